The highest BCUT2D eigenvalue weighted by Gasteiger charge is 2.20. The summed E-state index contributed by atoms with van der Waals surface area (Å²) in [5.74, 6) is 1.52. The summed E-state index contributed by atoms with van der Waals surface area (Å²) in [6.07, 6.45) is 0.854. The first-order valence-corrected chi connectivity index (χ1v) is 11.8. The lowest BCUT2D eigenvalue weighted by molar-refractivity contribution is -0.113. The highest BCUT2D eigenvalue weighted by Crippen LogP contribution is 2.32. The van der Waals surface area contributed by atoms with Gasteiger partial charge in [-0.2, -0.15) is 0 Å². The maximum absolute atomic E-state index is 12.8. The zero-order valence-electron chi connectivity index (χ0n) is 18.9. The molecular weight excluding hydrogens is 432 g/mol. The first-order chi connectivity index (χ1) is 16.1. The van der Waals surface area contributed by atoms with Crippen molar-refractivity contribution < 1.29 is 9.53 Å². The first kappa shape index (κ1) is 22.6. The highest BCUT2D eigenvalue weighted by molar-refractivity contribution is 7.99. The van der Waals surface area contributed by atoms with Crippen LogP contribution in [0.4, 0.5) is 5.69 Å². The Bertz CT molecular complexity index is 1250. The zero-order valence-corrected chi connectivity index (χ0v) is 19.7. The third kappa shape index (κ3) is 4.93. The molecule has 3 aromatic carbocycles. The van der Waals surface area contributed by atoms with Crippen molar-refractivity contribution in [2.75, 3.05) is 18.2 Å². The van der Waals surface area contributed by atoms with Crippen LogP contribution in [-0.4, -0.2) is 33.5 Å². The SMILES string of the molecule is CCc1cccc(C)c1NC(=O)CSc1nnc(-c2ccccc2)n1-c1ccccc1OC. The van der Waals surface area contributed by atoms with Gasteiger partial charge in [-0.05, 0) is 36.6 Å². The number of carbonyl (C=O) groups is 1. The highest BCUT2D eigenvalue weighted by atomic mass is 32.2. The van der Waals surface area contributed by atoms with Crippen LogP contribution in [0.15, 0.2) is 78.0 Å². The summed E-state index contributed by atoms with van der Waals surface area (Å²) in [6.45, 7) is 4.09. The fraction of sp³-hybridized carbons (Fsp3) is 0.192. The Morgan fingerprint density at radius 3 is 2.52 bits per heavy atom. The summed E-state index contributed by atoms with van der Waals surface area (Å²) < 4.78 is 7.54. The quantitative estimate of drug-likeness (QED) is 0.351. The topological polar surface area (TPSA) is 69.0 Å². The molecular formula is C26H26N4O2S. The van der Waals surface area contributed by atoms with Crippen molar-refractivity contribution in [3.8, 4) is 22.8 Å². The predicted octanol–water partition coefficient (Wildman–Crippen LogP) is 5.54. The molecule has 1 heterocycles. The largest absolute Gasteiger partial charge is 0.495 e. The number of hydrogen-bond acceptors (Lipinski definition) is 5. The number of nitrogens with one attached hydrogen (secondary N) is 1. The van der Waals surface area contributed by atoms with Gasteiger partial charge in [-0.15, -0.1) is 10.2 Å². The van der Waals surface area contributed by atoms with E-state index in [0.717, 1.165) is 34.5 Å². The fourth-order valence-electron chi connectivity index (χ4n) is 3.68. The number of thioether (sulfide) groups is 1. The molecule has 0 unspecified atom stereocenters. The van der Waals surface area contributed by atoms with E-state index < -0.39 is 0 Å². The van der Waals surface area contributed by atoms with E-state index in [-0.39, 0.29) is 11.7 Å². The van der Waals surface area contributed by atoms with Gasteiger partial charge in [0.2, 0.25) is 5.91 Å². The molecule has 0 aliphatic carbocycles. The summed E-state index contributed by atoms with van der Waals surface area (Å²) in [4.78, 5) is 12.8. The number of methoxy groups -OCH3 is 1. The third-order valence-electron chi connectivity index (χ3n) is 5.33. The zero-order chi connectivity index (χ0) is 23.2. The van der Waals surface area contributed by atoms with Gasteiger partial charge in [0.15, 0.2) is 11.0 Å². The van der Waals surface area contributed by atoms with Crippen LogP contribution >= 0.6 is 11.8 Å². The number of ether oxygens (including phenoxy) is 1. The molecule has 0 atom stereocenters. The number of para-hydroxylation sites is 3. The number of carbonyl (C=O) groups excluding carboxylic acids is 1. The number of hydrogen-bond donors (Lipinski definition) is 1. The molecule has 168 valence electrons. The first-order valence-electron chi connectivity index (χ1n) is 10.8. The van der Waals surface area contributed by atoms with Crippen molar-refractivity contribution in [1.82, 2.24) is 14.8 Å². The monoisotopic (exact) mass is 458 g/mol. The van der Waals surface area contributed by atoms with E-state index in [2.05, 4.69) is 22.4 Å². The third-order valence-corrected chi connectivity index (χ3v) is 6.26. The molecule has 0 radical (unpaired) electrons. The molecule has 4 aromatic rings. The minimum Gasteiger partial charge on any atom is -0.495 e. The van der Waals surface area contributed by atoms with E-state index in [4.69, 9.17) is 4.74 Å². The maximum Gasteiger partial charge on any atom is 0.234 e. The van der Waals surface area contributed by atoms with Crippen molar-refractivity contribution in [1.29, 1.82) is 0 Å². The van der Waals surface area contributed by atoms with Crippen molar-refractivity contribution >= 4 is 23.4 Å². The van der Waals surface area contributed by atoms with Gasteiger partial charge in [0, 0.05) is 11.3 Å². The second kappa shape index (κ2) is 10.4. The Morgan fingerprint density at radius 2 is 1.76 bits per heavy atom. The van der Waals surface area contributed by atoms with E-state index in [9.17, 15) is 4.79 Å². The average molecular weight is 459 g/mol. The van der Waals surface area contributed by atoms with Crippen molar-refractivity contribution in [3.63, 3.8) is 0 Å². The van der Waals surface area contributed by atoms with Crippen LogP contribution in [0, 0.1) is 6.92 Å². The van der Waals surface area contributed by atoms with Crippen molar-refractivity contribution in [3.05, 3.63) is 83.9 Å². The number of rotatable bonds is 8. The molecule has 0 spiro atoms. The minimum absolute atomic E-state index is 0.0835. The molecule has 0 bridgehead atoms. The van der Waals surface area contributed by atoms with Gasteiger partial charge in [0.25, 0.3) is 0 Å². The number of aromatic nitrogens is 3. The number of nitrogens with zero attached hydrogens (tertiary/aromatic N) is 3. The molecule has 1 amide bonds. The summed E-state index contributed by atoms with van der Waals surface area (Å²) in [5, 5.41) is 12.6. The number of aryl methyl sites for hydroxylation is 2. The minimum atomic E-state index is -0.0835. The van der Waals surface area contributed by atoms with E-state index in [0.29, 0.717) is 16.7 Å². The normalized spacial score (nSPS) is 10.8. The lowest BCUT2D eigenvalue weighted by Crippen LogP contribution is -2.16. The van der Waals surface area contributed by atoms with E-state index >= 15 is 0 Å². The van der Waals surface area contributed by atoms with Crippen LogP contribution in [0.25, 0.3) is 17.1 Å². The summed E-state index contributed by atoms with van der Waals surface area (Å²) in [5.41, 5.74) is 4.81. The predicted molar refractivity (Wildman–Crippen MR) is 133 cm³/mol. The lowest BCUT2D eigenvalue weighted by Gasteiger charge is -2.14. The molecule has 0 aliphatic rings. The molecule has 0 saturated carbocycles. The summed E-state index contributed by atoms with van der Waals surface area (Å²) in [6, 6.07) is 23.6. The maximum atomic E-state index is 12.8. The molecule has 4 rings (SSSR count). The second-order valence-electron chi connectivity index (χ2n) is 7.48. The number of benzene rings is 3. The van der Waals surface area contributed by atoms with Gasteiger partial charge in [-0.25, -0.2) is 0 Å². The molecule has 1 aromatic heterocycles. The van der Waals surface area contributed by atoms with Crippen LogP contribution in [0.3, 0.4) is 0 Å². The van der Waals surface area contributed by atoms with Crippen LogP contribution in [0.1, 0.15) is 18.1 Å². The van der Waals surface area contributed by atoms with E-state index in [1.54, 1.807) is 7.11 Å². The summed E-state index contributed by atoms with van der Waals surface area (Å²) in [7, 11) is 1.64. The van der Waals surface area contributed by atoms with Gasteiger partial charge < -0.3 is 10.1 Å². The Kier molecular flexibility index (Phi) is 7.10. The molecule has 0 aliphatic heterocycles. The molecule has 7 heteroatoms. The lowest BCUT2D eigenvalue weighted by atomic mass is 10.1. The molecule has 33 heavy (non-hydrogen) atoms. The van der Waals surface area contributed by atoms with Crippen LogP contribution in [0.5, 0.6) is 5.75 Å². The van der Waals surface area contributed by atoms with Gasteiger partial charge in [-0.1, -0.05) is 79.3 Å². The van der Waals surface area contributed by atoms with Crippen LogP contribution in [0.2, 0.25) is 0 Å². The van der Waals surface area contributed by atoms with E-state index in [1.165, 1.54) is 11.8 Å². The molecule has 6 nitrogen and oxygen atoms in total. The Morgan fingerprint density at radius 1 is 1.00 bits per heavy atom. The van der Waals surface area contributed by atoms with Crippen molar-refractivity contribution in [2.24, 2.45) is 0 Å². The Hall–Kier alpha value is -3.58. The smallest absolute Gasteiger partial charge is 0.234 e. The fourth-order valence-corrected chi connectivity index (χ4v) is 4.42. The Labute approximate surface area is 198 Å². The standard InChI is InChI=1S/C26H26N4O2S/c1-4-19-14-10-11-18(2)24(19)27-23(31)17-33-26-29-28-25(20-12-6-5-7-13-20)30(26)21-15-8-9-16-22(21)32-3/h5-16H,4,17H2,1-3H3,(H,27,31). The number of amides is 1. The molecule has 0 fully saturated rings. The van der Waals surface area contributed by atoms with Gasteiger partial charge in [0.1, 0.15) is 5.75 Å². The number of anilines is 1. The van der Waals surface area contributed by atoms with Crippen molar-refractivity contribution in [2.45, 2.75) is 25.4 Å². The Balaban J connectivity index is 1.64. The summed E-state index contributed by atoms with van der Waals surface area (Å²) >= 11 is 1.34. The molecule has 0 saturated heterocycles. The van der Waals surface area contributed by atoms with Gasteiger partial charge >= 0.3 is 0 Å². The second-order valence-corrected chi connectivity index (χ2v) is 8.42. The van der Waals surface area contributed by atoms with E-state index in [1.807, 2.05) is 84.3 Å². The average Bonchev–Trinajstić information content (AvgIpc) is 3.28. The molecule has 1 N–H and O–H groups in total. The van der Waals surface area contributed by atoms with Gasteiger partial charge in [-0.3, -0.25) is 9.36 Å². The van der Waals surface area contributed by atoms with Gasteiger partial charge in [0.05, 0.1) is 18.6 Å². The van der Waals surface area contributed by atoms with Crippen LogP contribution < -0.4 is 10.1 Å². The van der Waals surface area contributed by atoms with Crippen LogP contribution in [-0.2, 0) is 11.2 Å².